The number of aliphatic hydroxyl groups is 1. The molecule has 152 valence electrons. The predicted molar refractivity (Wildman–Crippen MR) is 108 cm³/mol. The van der Waals surface area contributed by atoms with Gasteiger partial charge in [0.25, 0.3) is 0 Å². The predicted octanol–water partition coefficient (Wildman–Crippen LogP) is 2.73. The summed E-state index contributed by atoms with van der Waals surface area (Å²) in [6, 6.07) is 2.04. The van der Waals surface area contributed by atoms with E-state index in [-0.39, 0.29) is 6.61 Å². The minimum absolute atomic E-state index is 0.286. The zero-order valence-electron chi connectivity index (χ0n) is 16.9. The van der Waals surface area contributed by atoms with Crippen LogP contribution < -0.4 is 0 Å². The van der Waals surface area contributed by atoms with E-state index in [1.807, 2.05) is 24.7 Å². The molecule has 2 saturated heterocycles. The van der Waals surface area contributed by atoms with Crippen molar-refractivity contribution in [3.63, 3.8) is 0 Å². The van der Waals surface area contributed by atoms with Crippen molar-refractivity contribution in [2.45, 2.75) is 45.7 Å². The third-order valence-electron chi connectivity index (χ3n) is 6.81. The molecule has 0 saturated carbocycles. The van der Waals surface area contributed by atoms with Gasteiger partial charge in [-0.1, -0.05) is 6.92 Å². The van der Waals surface area contributed by atoms with Crippen molar-refractivity contribution in [2.75, 3.05) is 32.8 Å². The minimum atomic E-state index is 0.286. The van der Waals surface area contributed by atoms with E-state index in [4.69, 9.17) is 4.42 Å². The van der Waals surface area contributed by atoms with Crippen LogP contribution in [0.4, 0.5) is 0 Å². The van der Waals surface area contributed by atoms with Crippen LogP contribution >= 0.6 is 0 Å². The Morgan fingerprint density at radius 2 is 1.75 bits per heavy atom. The Hall–Kier alpha value is -1.76. The minimum Gasteiger partial charge on any atom is -0.472 e. The molecule has 4 rings (SSSR count). The monoisotopic (exact) mass is 384 g/mol. The fourth-order valence-electron chi connectivity index (χ4n) is 4.94. The molecule has 4 heterocycles. The molecule has 2 aromatic rings. The summed E-state index contributed by atoms with van der Waals surface area (Å²) in [6.45, 7) is 8.48. The van der Waals surface area contributed by atoms with Gasteiger partial charge in [-0.15, -0.1) is 0 Å². The molecule has 0 radical (unpaired) electrons. The first kappa shape index (κ1) is 19.6. The van der Waals surface area contributed by atoms with Crippen LogP contribution in [0.15, 0.2) is 35.4 Å². The molecule has 0 aliphatic carbocycles. The van der Waals surface area contributed by atoms with Crippen LogP contribution in [0.2, 0.25) is 0 Å². The van der Waals surface area contributed by atoms with Crippen molar-refractivity contribution in [2.24, 2.45) is 11.3 Å². The standard InChI is InChI=1S/C22H32N4O2/c1-2-21-23-11-19(12-24-21)14-25-7-4-22(5-8-25)6-9-26(15-20(22)16-27)13-18-3-10-28-17-18/h3,10-12,17,20,27H,2,4-9,13-16H2,1H3/t20-/m0/s1. The molecule has 1 spiro atoms. The van der Waals surface area contributed by atoms with Gasteiger partial charge in [0.2, 0.25) is 0 Å². The van der Waals surface area contributed by atoms with Gasteiger partial charge < -0.3 is 9.52 Å². The van der Waals surface area contributed by atoms with Crippen LogP contribution in [0.25, 0.3) is 0 Å². The molecule has 6 heteroatoms. The van der Waals surface area contributed by atoms with E-state index in [1.165, 1.54) is 30.4 Å². The smallest absolute Gasteiger partial charge is 0.127 e. The number of likely N-dealkylation sites (tertiary alicyclic amines) is 2. The quantitative estimate of drug-likeness (QED) is 0.826. The molecular weight excluding hydrogens is 352 g/mol. The maximum atomic E-state index is 10.1. The maximum Gasteiger partial charge on any atom is 0.127 e. The average molecular weight is 385 g/mol. The number of nitrogens with zero attached hydrogens (tertiary/aromatic N) is 4. The van der Waals surface area contributed by atoms with Crippen LogP contribution in [0.5, 0.6) is 0 Å². The Kier molecular flexibility index (Phi) is 6.09. The Bertz CT molecular complexity index is 724. The topological polar surface area (TPSA) is 65.6 Å². The summed E-state index contributed by atoms with van der Waals surface area (Å²) in [5.41, 5.74) is 2.71. The number of aromatic nitrogens is 2. The van der Waals surface area contributed by atoms with Gasteiger partial charge in [-0.3, -0.25) is 9.80 Å². The largest absolute Gasteiger partial charge is 0.472 e. The van der Waals surface area contributed by atoms with Crippen LogP contribution in [-0.2, 0) is 19.5 Å². The van der Waals surface area contributed by atoms with Crippen LogP contribution in [0, 0.1) is 11.3 Å². The van der Waals surface area contributed by atoms with Gasteiger partial charge >= 0.3 is 0 Å². The lowest BCUT2D eigenvalue weighted by molar-refractivity contribution is -0.0450. The first-order chi connectivity index (χ1) is 13.7. The van der Waals surface area contributed by atoms with E-state index in [2.05, 4.69) is 26.7 Å². The summed E-state index contributed by atoms with van der Waals surface area (Å²) in [5.74, 6) is 1.27. The molecule has 1 atom stereocenters. The SMILES string of the molecule is CCc1ncc(CN2CCC3(CC2)CCN(Cc2ccoc2)C[C@H]3CO)cn1. The molecule has 0 unspecified atom stereocenters. The summed E-state index contributed by atoms with van der Waals surface area (Å²) in [6.07, 6.45) is 11.9. The van der Waals surface area contributed by atoms with Crippen molar-refractivity contribution in [1.82, 2.24) is 19.8 Å². The van der Waals surface area contributed by atoms with E-state index >= 15 is 0 Å². The summed E-state index contributed by atoms with van der Waals surface area (Å²) >= 11 is 0. The molecule has 2 aromatic heterocycles. The lowest BCUT2D eigenvalue weighted by atomic mass is 9.64. The highest BCUT2D eigenvalue weighted by Gasteiger charge is 2.44. The highest BCUT2D eigenvalue weighted by atomic mass is 16.3. The molecule has 2 aliphatic rings. The van der Waals surface area contributed by atoms with Crippen molar-refractivity contribution in [1.29, 1.82) is 0 Å². The maximum absolute atomic E-state index is 10.1. The van der Waals surface area contributed by atoms with Crippen LogP contribution in [0.3, 0.4) is 0 Å². The highest BCUT2D eigenvalue weighted by Crippen LogP contribution is 2.45. The summed E-state index contributed by atoms with van der Waals surface area (Å²) < 4.78 is 5.20. The number of hydrogen-bond acceptors (Lipinski definition) is 6. The van der Waals surface area contributed by atoms with Gasteiger partial charge in [-0.05, 0) is 50.4 Å². The molecule has 1 N–H and O–H groups in total. The fourth-order valence-corrected chi connectivity index (χ4v) is 4.94. The number of piperidine rings is 2. The van der Waals surface area contributed by atoms with E-state index in [1.54, 1.807) is 6.26 Å². The van der Waals surface area contributed by atoms with Crippen molar-refractivity contribution in [3.05, 3.63) is 47.9 Å². The molecule has 28 heavy (non-hydrogen) atoms. The second kappa shape index (κ2) is 8.72. The third-order valence-corrected chi connectivity index (χ3v) is 6.81. The van der Waals surface area contributed by atoms with Gasteiger partial charge in [0.15, 0.2) is 0 Å². The van der Waals surface area contributed by atoms with Gasteiger partial charge in [0.05, 0.1) is 12.5 Å². The Labute approximate surface area is 167 Å². The molecule has 0 bridgehead atoms. The lowest BCUT2D eigenvalue weighted by Crippen LogP contribution is -2.53. The zero-order chi connectivity index (χ0) is 19.4. The normalized spacial score (nSPS) is 23.3. The fraction of sp³-hybridized carbons (Fsp3) is 0.636. The molecule has 2 fully saturated rings. The third kappa shape index (κ3) is 4.29. The van der Waals surface area contributed by atoms with E-state index < -0.39 is 0 Å². The molecule has 6 nitrogen and oxygen atoms in total. The second-order valence-corrected chi connectivity index (χ2v) is 8.50. The van der Waals surface area contributed by atoms with Gasteiger partial charge in [-0.25, -0.2) is 9.97 Å². The Balaban J connectivity index is 1.32. The number of furan rings is 1. The Morgan fingerprint density at radius 3 is 2.36 bits per heavy atom. The molecular formula is C22H32N4O2. The highest BCUT2D eigenvalue weighted by molar-refractivity contribution is 5.07. The second-order valence-electron chi connectivity index (χ2n) is 8.50. The van der Waals surface area contributed by atoms with Crippen LogP contribution in [-0.4, -0.2) is 57.7 Å². The Morgan fingerprint density at radius 1 is 1.07 bits per heavy atom. The summed E-state index contributed by atoms with van der Waals surface area (Å²) in [7, 11) is 0. The van der Waals surface area contributed by atoms with Crippen molar-refractivity contribution in [3.8, 4) is 0 Å². The van der Waals surface area contributed by atoms with Crippen molar-refractivity contribution >= 4 is 0 Å². The number of aryl methyl sites for hydroxylation is 1. The lowest BCUT2D eigenvalue weighted by Gasteiger charge is -2.51. The molecule has 0 amide bonds. The molecule has 0 aromatic carbocycles. The van der Waals surface area contributed by atoms with E-state index in [0.29, 0.717) is 11.3 Å². The number of rotatable bonds is 6. The van der Waals surface area contributed by atoms with Gasteiger partial charge in [0.1, 0.15) is 5.82 Å². The molecule has 2 aliphatic heterocycles. The first-order valence-corrected chi connectivity index (χ1v) is 10.6. The summed E-state index contributed by atoms with van der Waals surface area (Å²) in [5, 5.41) is 10.1. The van der Waals surface area contributed by atoms with Gasteiger partial charge in [-0.2, -0.15) is 0 Å². The number of aliphatic hydroxyl groups excluding tert-OH is 1. The van der Waals surface area contributed by atoms with Crippen LogP contribution in [0.1, 0.15) is 43.1 Å². The number of hydrogen-bond donors (Lipinski definition) is 1. The van der Waals surface area contributed by atoms with E-state index in [9.17, 15) is 5.11 Å². The van der Waals surface area contributed by atoms with Gasteiger partial charge in [0, 0.05) is 62.1 Å². The first-order valence-electron chi connectivity index (χ1n) is 10.6. The van der Waals surface area contributed by atoms with E-state index in [0.717, 1.165) is 51.5 Å². The summed E-state index contributed by atoms with van der Waals surface area (Å²) in [4.78, 5) is 13.8. The average Bonchev–Trinajstić information content (AvgIpc) is 3.25. The zero-order valence-corrected chi connectivity index (χ0v) is 16.9. The van der Waals surface area contributed by atoms with Crippen molar-refractivity contribution < 1.29 is 9.52 Å².